The minimum Gasteiger partial charge on any atom is -0.354 e. The quantitative estimate of drug-likeness (QED) is 0.859. The van der Waals surface area contributed by atoms with Gasteiger partial charge in [0.25, 0.3) is 0 Å². The van der Waals surface area contributed by atoms with Gasteiger partial charge in [-0.05, 0) is 44.7 Å². The number of amides is 1. The van der Waals surface area contributed by atoms with E-state index in [0.29, 0.717) is 5.92 Å². The molecule has 5 nitrogen and oxygen atoms in total. The van der Waals surface area contributed by atoms with Gasteiger partial charge in [0, 0.05) is 24.7 Å². The minimum absolute atomic E-state index is 0.0417. The van der Waals surface area contributed by atoms with E-state index in [-0.39, 0.29) is 11.9 Å². The number of piperidine rings is 1. The average molecular weight is 308 g/mol. The standard InChI is InChI=1S/C15H24N4OS/c20-15(13-4-1-5-16-13)18-9-12-3-2-7-19(10-12)11-14-17-6-8-21-14/h6,8,12-13,16H,1-5,7,9-11H2,(H,18,20). The Labute approximate surface area is 130 Å². The second kappa shape index (κ2) is 7.33. The Hall–Kier alpha value is -0.980. The van der Waals surface area contributed by atoms with Crippen LogP contribution in [0.2, 0.25) is 0 Å². The molecule has 0 aliphatic carbocycles. The first-order valence-corrected chi connectivity index (χ1v) is 8.81. The van der Waals surface area contributed by atoms with E-state index in [0.717, 1.165) is 45.6 Å². The Morgan fingerprint density at radius 3 is 3.19 bits per heavy atom. The van der Waals surface area contributed by atoms with E-state index in [1.807, 2.05) is 11.6 Å². The maximum Gasteiger partial charge on any atom is 0.237 e. The number of nitrogens with zero attached hydrogens (tertiary/aromatic N) is 2. The van der Waals surface area contributed by atoms with Crippen LogP contribution in [-0.4, -0.2) is 48.0 Å². The first-order valence-electron chi connectivity index (χ1n) is 7.93. The van der Waals surface area contributed by atoms with Crippen LogP contribution in [0.4, 0.5) is 0 Å². The van der Waals surface area contributed by atoms with Crippen LogP contribution in [0, 0.1) is 5.92 Å². The Kier molecular flexibility index (Phi) is 5.22. The molecule has 0 aromatic carbocycles. The number of nitrogens with one attached hydrogen (secondary N) is 2. The highest BCUT2D eigenvalue weighted by Crippen LogP contribution is 2.19. The summed E-state index contributed by atoms with van der Waals surface area (Å²) < 4.78 is 0. The summed E-state index contributed by atoms with van der Waals surface area (Å²) in [7, 11) is 0. The van der Waals surface area contributed by atoms with Gasteiger partial charge < -0.3 is 10.6 Å². The molecule has 3 heterocycles. The molecule has 1 aromatic rings. The maximum absolute atomic E-state index is 12.0. The van der Waals surface area contributed by atoms with Gasteiger partial charge in [-0.2, -0.15) is 0 Å². The number of hydrogen-bond acceptors (Lipinski definition) is 5. The molecule has 1 amide bonds. The molecule has 116 valence electrons. The molecule has 0 bridgehead atoms. The molecule has 3 rings (SSSR count). The summed E-state index contributed by atoms with van der Waals surface area (Å²) >= 11 is 1.72. The monoisotopic (exact) mass is 308 g/mol. The van der Waals surface area contributed by atoms with Crippen molar-refractivity contribution in [3.05, 3.63) is 16.6 Å². The number of carbonyl (C=O) groups is 1. The van der Waals surface area contributed by atoms with Crippen molar-refractivity contribution in [3.63, 3.8) is 0 Å². The second-order valence-electron chi connectivity index (χ2n) is 6.06. The highest BCUT2D eigenvalue weighted by Gasteiger charge is 2.24. The zero-order valence-corrected chi connectivity index (χ0v) is 13.2. The lowest BCUT2D eigenvalue weighted by Gasteiger charge is -2.32. The van der Waals surface area contributed by atoms with Crippen LogP contribution < -0.4 is 10.6 Å². The van der Waals surface area contributed by atoms with E-state index in [1.54, 1.807) is 11.3 Å². The summed E-state index contributed by atoms with van der Waals surface area (Å²) in [6, 6.07) is 0.0417. The van der Waals surface area contributed by atoms with E-state index in [9.17, 15) is 4.79 Å². The molecule has 1 aromatic heterocycles. The smallest absolute Gasteiger partial charge is 0.237 e. The lowest BCUT2D eigenvalue weighted by Crippen LogP contribution is -2.45. The summed E-state index contributed by atoms with van der Waals surface area (Å²) in [5.41, 5.74) is 0. The maximum atomic E-state index is 12.0. The molecule has 2 saturated heterocycles. The van der Waals surface area contributed by atoms with E-state index in [4.69, 9.17) is 0 Å². The van der Waals surface area contributed by atoms with Gasteiger partial charge in [0.05, 0.1) is 12.6 Å². The summed E-state index contributed by atoms with van der Waals surface area (Å²) in [4.78, 5) is 18.9. The molecule has 2 N–H and O–H groups in total. The Balaban J connectivity index is 1.42. The van der Waals surface area contributed by atoms with Gasteiger partial charge in [0.2, 0.25) is 5.91 Å². The SMILES string of the molecule is O=C(NCC1CCCN(Cc2nccs2)C1)C1CCCN1. The first kappa shape index (κ1) is 14.9. The van der Waals surface area contributed by atoms with Crippen LogP contribution in [0.1, 0.15) is 30.7 Å². The molecule has 2 unspecified atom stereocenters. The fourth-order valence-electron chi connectivity index (χ4n) is 3.26. The number of hydrogen-bond donors (Lipinski definition) is 2. The van der Waals surface area contributed by atoms with Crippen molar-refractivity contribution >= 4 is 17.2 Å². The average Bonchev–Trinajstić information content (AvgIpc) is 3.18. The van der Waals surface area contributed by atoms with Crippen LogP contribution in [0.15, 0.2) is 11.6 Å². The van der Waals surface area contributed by atoms with Crippen LogP contribution in [0.25, 0.3) is 0 Å². The lowest BCUT2D eigenvalue weighted by molar-refractivity contribution is -0.123. The van der Waals surface area contributed by atoms with E-state index in [1.165, 1.54) is 17.8 Å². The van der Waals surface area contributed by atoms with Crippen molar-refractivity contribution in [2.75, 3.05) is 26.2 Å². The zero-order chi connectivity index (χ0) is 14.5. The van der Waals surface area contributed by atoms with E-state index in [2.05, 4.69) is 20.5 Å². The fraction of sp³-hybridized carbons (Fsp3) is 0.733. The third kappa shape index (κ3) is 4.25. The molecule has 21 heavy (non-hydrogen) atoms. The Bertz CT molecular complexity index is 445. The van der Waals surface area contributed by atoms with Crippen molar-refractivity contribution in [1.29, 1.82) is 0 Å². The van der Waals surface area contributed by atoms with Crippen LogP contribution >= 0.6 is 11.3 Å². The van der Waals surface area contributed by atoms with E-state index >= 15 is 0 Å². The summed E-state index contributed by atoms with van der Waals surface area (Å²) in [5, 5.41) is 9.61. The Morgan fingerprint density at radius 2 is 2.43 bits per heavy atom. The number of likely N-dealkylation sites (tertiary alicyclic amines) is 1. The Morgan fingerprint density at radius 1 is 1.48 bits per heavy atom. The van der Waals surface area contributed by atoms with E-state index < -0.39 is 0 Å². The van der Waals surface area contributed by atoms with Gasteiger partial charge in [-0.1, -0.05) is 0 Å². The van der Waals surface area contributed by atoms with Gasteiger partial charge in [-0.3, -0.25) is 9.69 Å². The molecular formula is C15H24N4OS. The van der Waals surface area contributed by atoms with Gasteiger partial charge in [0.1, 0.15) is 5.01 Å². The van der Waals surface area contributed by atoms with Crippen molar-refractivity contribution < 1.29 is 4.79 Å². The molecular weight excluding hydrogens is 284 g/mol. The van der Waals surface area contributed by atoms with Gasteiger partial charge >= 0.3 is 0 Å². The molecule has 2 aliphatic rings. The van der Waals surface area contributed by atoms with Crippen LogP contribution in [0.5, 0.6) is 0 Å². The van der Waals surface area contributed by atoms with Crippen LogP contribution in [0.3, 0.4) is 0 Å². The third-order valence-corrected chi connectivity index (χ3v) is 5.15. The number of aromatic nitrogens is 1. The van der Waals surface area contributed by atoms with Crippen molar-refractivity contribution in [1.82, 2.24) is 20.5 Å². The minimum atomic E-state index is 0.0417. The predicted molar refractivity (Wildman–Crippen MR) is 84.1 cm³/mol. The summed E-state index contributed by atoms with van der Waals surface area (Å²) in [5.74, 6) is 0.758. The topological polar surface area (TPSA) is 57.3 Å². The molecule has 0 radical (unpaired) electrons. The van der Waals surface area contributed by atoms with Gasteiger partial charge in [0.15, 0.2) is 0 Å². The first-order chi connectivity index (χ1) is 10.3. The van der Waals surface area contributed by atoms with Gasteiger partial charge in [-0.25, -0.2) is 4.98 Å². The summed E-state index contributed by atoms with van der Waals surface area (Å²) in [6.45, 7) is 4.95. The largest absolute Gasteiger partial charge is 0.354 e. The van der Waals surface area contributed by atoms with Crippen molar-refractivity contribution in [2.24, 2.45) is 5.92 Å². The van der Waals surface area contributed by atoms with Crippen molar-refractivity contribution in [3.8, 4) is 0 Å². The highest BCUT2D eigenvalue weighted by molar-refractivity contribution is 7.09. The third-order valence-electron chi connectivity index (χ3n) is 4.39. The molecule has 2 fully saturated rings. The number of rotatable bonds is 5. The predicted octanol–water partition coefficient (Wildman–Crippen LogP) is 1.22. The van der Waals surface area contributed by atoms with Gasteiger partial charge in [-0.15, -0.1) is 11.3 Å². The molecule has 6 heteroatoms. The highest BCUT2D eigenvalue weighted by atomic mass is 32.1. The normalized spacial score (nSPS) is 26.9. The fourth-order valence-corrected chi connectivity index (χ4v) is 3.92. The zero-order valence-electron chi connectivity index (χ0n) is 12.4. The van der Waals surface area contributed by atoms with Crippen LogP contribution in [-0.2, 0) is 11.3 Å². The molecule has 0 spiro atoms. The number of carbonyl (C=O) groups excluding carboxylic acids is 1. The second-order valence-corrected chi connectivity index (χ2v) is 7.04. The molecule has 2 aliphatic heterocycles. The van der Waals surface area contributed by atoms with Crippen molar-refractivity contribution in [2.45, 2.75) is 38.3 Å². The lowest BCUT2D eigenvalue weighted by atomic mass is 9.98. The number of thiazole rings is 1. The molecule has 0 saturated carbocycles. The summed E-state index contributed by atoms with van der Waals surface area (Å²) in [6.07, 6.45) is 6.40. The molecule has 2 atom stereocenters.